The van der Waals surface area contributed by atoms with Crippen molar-refractivity contribution >= 4 is 23.5 Å². The molecule has 0 saturated carbocycles. The molecule has 5 heteroatoms. The van der Waals surface area contributed by atoms with E-state index in [1.54, 1.807) is 6.21 Å². The van der Waals surface area contributed by atoms with E-state index in [1.165, 1.54) is 0 Å². The number of thiocarbonyl (C=S) groups is 1. The Balaban J connectivity index is 2.70. The van der Waals surface area contributed by atoms with Gasteiger partial charge in [0.25, 0.3) is 0 Å². The molecule has 3 N–H and O–H groups in total. The molecular weight excluding hydrogens is 222 g/mol. The van der Waals surface area contributed by atoms with E-state index in [4.69, 9.17) is 10.5 Å². The van der Waals surface area contributed by atoms with E-state index >= 15 is 0 Å². The fourth-order valence-corrected chi connectivity index (χ4v) is 1.15. The predicted octanol–water partition coefficient (Wildman–Crippen LogP) is 1.64. The van der Waals surface area contributed by atoms with Gasteiger partial charge in [0, 0.05) is 5.56 Å². The molecule has 0 saturated heterocycles. The molecule has 0 amide bonds. The minimum Gasteiger partial charge on any atom is -0.493 e. The third kappa shape index (κ3) is 4.27. The van der Waals surface area contributed by atoms with Crippen molar-refractivity contribution < 1.29 is 4.74 Å². The topological polar surface area (TPSA) is 59.6 Å². The van der Waals surface area contributed by atoms with Crippen molar-refractivity contribution in [1.29, 1.82) is 0 Å². The molecule has 0 radical (unpaired) electrons. The second kappa shape index (κ2) is 6.79. The van der Waals surface area contributed by atoms with Gasteiger partial charge in [-0.2, -0.15) is 5.10 Å². The minimum atomic E-state index is 0.142. The molecule has 0 atom stereocenters. The van der Waals surface area contributed by atoms with E-state index in [0.717, 1.165) is 17.7 Å². The summed E-state index contributed by atoms with van der Waals surface area (Å²) in [5, 5.41) is 4.03. The number of benzene rings is 1. The third-order valence-corrected chi connectivity index (χ3v) is 1.85. The molecule has 0 aliphatic carbocycles. The largest absolute Gasteiger partial charge is 0.493 e. The fraction of sp³-hybridized carbons (Fsp3) is 0.273. The fourth-order valence-electron chi connectivity index (χ4n) is 1.10. The lowest BCUT2D eigenvalue weighted by Crippen LogP contribution is -2.24. The average Bonchev–Trinajstić information content (AvgIpc) is 2.27. The van der Waals surface area contributed by atoms with Crippen LogP contribution >= 0.6 is 12.2 Å². The van der Waals surface area contributed by atoms with E-state index in [2.05, 4.69) is 29.7 Å². The zero-order chi connectivity index (χ0) is 11.8. The zero-order valence-corrected chi connectivity index (χ0v) is 9.96. The minimum absolute atomic E-state index is 0.142. The van der Waals surface area contributed by atoms with E-state index in [-0.39, 0.29) is 5.11 Å². The molecule has 0 heterocycles. The van der Waals surface area contributed by atoms with Gasteiger partial charge in [0.2, 0.25) is 0 Å². The number of ether oxygens (including phenoxy) is 1. The summed E-state index contributed by atoms with van der Waals surface area (Å²) in [7, 11) is 0. The predicted molar refractivity (Wildman–Crippen MR) is 69.7 cm³/mol. The lowest BCUT2D eigenvalue weighted by molar-refractivity contribution is 0.317. The lowest BCUT2D eigenvalue weighted by atomic mass is 10.2. The Morgan fingerprint density at radius 2 is 2.31 bits per heavy atom. The Labute approximate surface area is 100 Å². The maximum Gasteiger partial charge on any atom is 0.184 e. The van der Waals surface area contributed by atoms with Gasteiger partial charge in [0.05, 0.1) is 12.8 Å². The standard InChI is InChI=1S/C11H15N3OS/c1-2-7-15-10-6-4-3-5-9(10)8-13-14-11(12)16/h3-6,8H,2,7H2,1H3,(H3,12,14,16)/b13-8-. The van der Waals surface area contributed by atoms with Crippen molar-refractivity contribution in [3.63, 3.8) is 0 Å². The second-order valence-corrected chi connectivity index (χ2v) is 3.56. The highest BCUT2D eigenvalue weighted by atomic mass is 32.1. The highest BCUT2D eigenvalue weighted by molar-refractivity contribution is 7.80. The van der Waals surface area contributed by atoms with Crippen LogP contribution in [0.25, 0.3) is 0 Å². The molecule has 0 fully saturated rings. The summed E-state index contributed by atoms with van der Waals surface area (Å²) >= 11 is 4.64. The zero-order valence-electron chi connectivity index (χ0n) is 9.14. The number of nitrogens with zero attached hydrogens (tertiary/aromatic N) is 1. The van der Waals surface area contributed by atoms with Gasteiger partial charge >= 0.3 is 0 Å². The summed E-state index contributed by atoms with van der Waals surface area (Å²) in [6.07, 6.45) is 2.60. The van der Waals surface area contributed by atoms with Crippen LogP contribution in [-0.2, 0) is 0 Å². The molecule has 0 aliphatic rings. The van der Waals surface area contributed by atoms with Crippen LogP contribution in [0.1, 0.15) is 18.9 Å². The molecule has 0 unspecified atom stereocenters. The van der Waals surface area contributed by atoms with Crippen molar-refractivity contribution in [2.45, 2.75) is 13.3 Å². The molecule has 4 nitrogen and oxygen atoms in total. The maximum absolute atomic E-state index is 5.56. The van der Waals surface area contributed by atoms with E-state index < -0.39 is 0 Å². The van der Waals surface area contributed by atoms with E-state index in [0.29, 0.717) is 6.61 Å². The lowest BCUT2D eigenvalue weighted by Gasteiger charge is -2.07. The SMILES string of the molecule is CCCOc1ccccc1/C=N\NC(N)=S. The van der Waals surface area contributed by atoms with E-state index in [9.17, 15) is 0 Å². The van der Waals surface area contributed by atoms with Gasteiger partial charge in [0.1, 0.15) is 5.75 Å². The van der Waals surface area contributed by atoms with Crippen LogP contribution < -0.4 is 15.9 Å². The van der Waals surface area contributed by atoms with E-state index in [1.807, 2.05) is 24.3 Å². The number of rotatable bonds is 5. The normalized spacial score (nSPS) is 10.3. The van der Waals surface area contributed by atoms with Crippen LogP contribution in [0.5, 0.6) is 5.75 Å². The second-order valence-electron chi connectivity index (χ2n) is 3.12. The number of hydrogen-bond acceptors (Lipinski definition) is 3. The van der Waals surface area contributed by atoms with Gasteiger partial charge in [-0.15, -0.1) is 0 Å². The smallest absolute Gasteiger partial charge is 0.184 e. The Hall–Kier alpha value is -1.62. The van der Waals surface area contributed by atoms with Gasteiger partial charge in [-0.3, -0.25) is 5.43 Å². The number of nitrogens with one attached hydrogen (secondary N) is 1. The van der Waals surface area contributed by atoms with Crippen LogP contribution in [-0.4, -0.2) is 17.9 Å². The first kappa shape index (κ1) is 12.4. The molecular formula is C11H15N3OS. The van der Waals surface area contributed by atoms with Crippen LogP contribution in [0.4, 0.5) is 0 Å². The summed E-state index contributed by atoms with van der Waals surface area (Å²) in [6.45, 7) is 2.75. The van der Waals surface area contributed by atoms with Crippen molar-refractivity contribution in [3.8, 4) is 5.75 Å². The Bertz CT molecular complexity index is 379. The van der Waals surface area contributed by atoms with Crippen LogP contribution in [0.15, 0.2) is 29.4 Å². The molecule has 0 bridgehead atoms. The van der Waals surface area contributed by atoms with Gasteiger partial charge in [-0.25, -0.2) is 0 Å². The molecule has 0 spiro atoms. The Kier molecular flexibility index (Phi) is 5.28. The van der Waals surface area contributed by atoms with Gasteiger partial charge in [0.15, 0.2) is 5.11 Å². The molecule has 1 aromatic rings. The van der Waals surface area contributed by atoms with Crippen LogP contribution in [0, 0.1) is 0 Å². The van der Waals surface area contributed by atoms with Gasteiger partial charge in [-0.1, -0.05) is 19.1 Å². The summed E-state index contributed by atoms with van der Waals surface area (Å²) in [5.74, 6) is 0.804. The van der Waals surface area contributed by atoms with Crippen molar-refractivity contribution in [1.82, 2.24) is 5.43 Å². The molecule has 0 aliphatic heterocycles. The third-order valence-electron chi connectivity index (χ3n) is 1.76. The quantitative estimate of drug-likeness (QED) is 0.464. The molecule has 1 aromatic carbocycles. The summed E-state index contributed by atoms with van der Waals surface area (Å²) < 4.78 is 5.56. The van der Waals surface area contributed by atoms with Crippen molar-refractivity contribution in [2.24, 2.45) is 10.8 Å². The highest BCUT2D eigenvalue weighted by Crippen LogP contribution is 2.15. The van der Waals surface area contributed by atoms with Crippen molar-refractivity contribution in [3.05, 3.63) is 29.8 Å². The van der Waals surface area contributed by atoms with Crippen LogP contribution in [0.3, 0.4) is 0 Å². The van der Waals surface area contributed by atoms with Gasteiger partial charge < -0.3 is 10.5 Å². The summed E-state index contributed by atoms with van der Waals surface area (Å²) in [5.41, 5.74) is 8.64. The molecule has 86 valence electrons. The number of hydrogen-bond donors (Lipinski definition) is 2. The maximum atomic E-state index is 5.56. The average molecular weight is 237 g/mol. The molecule has 0 aromatic heterocycles. The Morgan fingerprint density at radius 3 is 3.00 bits per heavy atom. The molecule has 16 heavy (non-hydrogen) atoms. The van der Waals surface area contributed by atoms with Crippen LogP contribution in [0.2, 0.25) is 0 Å². The Morgan fingerprint density at radius 1 is 1.56 bits per heavy atom. The highest BCUT2D eigenvalue weighted by Gasteiger charge is 1.98. The number of hydrazone groups is 1. The number of para-hydroxylation sites is 1. The summed E-state index contributed by atoms with van der Waals surface area (Å²) in [6, 6.07) is 7.65. The summed E-state index contributed by atoms with van der Waals surface area (Å²) in [4.78, 5) is 0. The first-order valence-electron chi connectivity index (χ1n) is 5.04. The first-order chi connectivity index (χ1) is 7.74. The van der Waals surface area contributed by atoms with Gasteiger partial charge in [-0.05, 0) is 30.8 Å². The number of nitrogens with two attached hydrogens (primary N) is 1. The monoisotopic (exact) mass is 237 g/mol. The van der Waals surface area contributed by atoms with Crippen molar-refractivity contribution in [2.75, 3.05) is 6.61 Å². The first-order valence-corrected chi connectivity index (χ1v) is 5.45. The molecule has 1 rings (SSSR count).